The van der Waals surface area contributed by atoms with Gasteiger partial charge in [0.1, 0.15) is 0 Å². The average Bonchev–Trinajstić information content (AvgIpc) is 2.39. The minimum Gasteiger partial charge on any atom is -0.326 e. The molecule has 2 rings (SSSR count). The van der Waals surface area contributed by atoms with Gasteiger partial charge in [-0.05, 0) is 44.0 Å². The van der Waals surface area contributed by atoms with E-state index in [0.717, 1.165) is 0 Å². The first-order valence-corrected chi connectivity index (χ1v) is 6.34. The topological polar surface area (TPSA) is 29.3 Å². The number of benzene rings is 1. The van der Waals surface area contributed by atoms with Gasteiger partial charge in [-0.15, -0.1) is 0 Å². The molecule has 0 aliphatic carbocycles. The summed E-state index contributed by atoms with van der Waals surface area (Å²) < 4.78 is 0. The molecular weight excluding hydrogens is 196 g/mol. The number of hydrogen-bond acceptors (Lipinski definition) is 2. The fraction of sp³-hybridized carbons (Fsp3) is 0.571. The average molecular weight is 218 g/mol. The van der Waals surface area contributed by atoms with Crippen molar-refractivity contribution in [1.82, 2.24) is 4.90 Å². The highest BCUT2D eigenvalue weighted by molar-refractivity contribution is 5.24. The van der Waals surface area contributed by atoms with E-state index in [4.69, 9.17) is 5.73 Å². The van der Waals surface area contributed by atoms with E-state index in [1.165, 1.54) is 43.5 Å². The maximum absolute atomic E-state index is 5.61. The molecule has 0 saturated carbocycles. The van der Waals surface area contributed by atoms with Gasteiger partial charge in [0.05, 0.1) is 0 Å². The predicted octanol–water partition coefficient (Wildman–Crippen LogP) is 2.69. The Morgan fingerprint density at radius 2 is 1.75 bits per heavy atom. The predicted molar refractivity (Wildman–Crippen MR) is 68.2 cm³/mol. The van der Waals surface area contributed by atoms with Crippen molar-refractivity contribution in [2.45, 2.75) is 38.8 Å². The molecule has 0 amide bonds. The van der Waals surface area contributed by atoms with Crippen LogP contribution in [0.5, 0.6) is 0 Å². The van der Waals surface area contributed by atoms with E-state index in [2.05, 4.69) is 36.1 Å². The third-order valence-corrected chi connectivity index (χ3v) is 3.64. The smallest absolute Gasteiger partial charge is 0.0319 e. The number of nitrogens with two attached hydrogens (primary N) is 1. The summed E-state index contributed by atoms with van der Waals surface area (Å²) in [5, 5.41) is 0. The first kappa shape index (κ1) is 11.6. The summed E-state index contributed by atoms with van der Waals surface area (Å²) in [6, 6.07) is 9.29. The summed E-state index contributed by atoms with van der Waals surface area (Å²) in [5.41, 5.74) is 8.24. The van der Waals surface area contributed by atoms with E-state index >= 15 is 0 Å². The van der Waals surface area contributed by atoms with Crippen LogP contribution in [0.2, 0.25) is 0 Å². The summed E-state index contributed by atoms with van der Waals surface area (Å²) in [4.78, 5) is 2.58. The Balaban J connectivity index is 2.04. The Kier molecular flexibility index (Phi) is 3.97. The van der Waals surface area contributed by atoms with E-state index in [1.807, 2.05) is 0 Å². The highest BCUT2D eigenvalue weighted by Gasteiger charge is 2.17. The Morgan fingerprint density at radius 3 is 2.31 bits per heavy atom. The quantitative estimate of drug-likeness (QED) is 0.845. The van der Waals surface area contributed by atoms with Crippen LogP contribution >= 0.6 is 0 Å². The molecule has 1 atom stereocenters. The fourth-order valence-electron chi connectivity index (χ4n) is 2.45. The zero-order chi connectivity index (χ0) is 11.4. The zero-order valence-corrected chi connectivity index (χ0v) is 10.2. The molecule has 1 fully saturated rings. The van der Waals surface area contributed by atoms with Gasteiger partial charge in [-0.25, -0.2) is 0 Å². The van der Waals surface area contributed by atoms with Crippen molar-refractivity contribution in [3.05, 3.63) is 35.4 Å². The highest BCUT2D eigenvalue weighted by atomic mass is 15.2. The number of rotatable bonds is 3. The van der Waals surface area contributed by atoms with Gasteiger partial charge in [-0.1, -0.05) is 30.7 Å². The third kappa shape index (κ3) is 2.63. The summed E-state index contributed by atoms with van der Waals surface area (Å²) in [7, 11) is 0. The fourth-order valence-corrected chi connectivity index (χ4v) is 2.45. The van der Waals surface area contributed by atoms with Gasteiger partial charge in [-0.2, -0.15) is 0 Å². The van der Waals surface area contributed by atoms with Gasteiger partial charge in [0.2, 0.25) is 0 Å². The lowest BCUT2D eigenvalue weighted by Crippen LogP contribution is -2.32. The molecular formula is C14H22N2. The van der Waals surface area contributed by atoms with Gasteiger partial charge in [-0.3, -0.25) is 4.90 Å². The van der Waals surface area contributed by atoms with Crippen LogP contribution in [0.1, 0.15) is 43.4 Å². The summed E-state index contributed by atoms with van der Waals surface area (Å²) in [6.07, 6.45) is 4.10. The zero-order valence-electron chi connectivity index (χ0n) is 10.2. The van der Waals surface area contributed by atoms with Gasteiger partial charge in [0.15, 0.2) is 0 Å². The van der Waals surface area contributed by atoms with Crippen LogP contribution < -0.4 is 5.73 Å². The molecule has 1 saturated heterocycles. The first-order valence-electron chi connectivity index (χ1n) is 6.34. The Hall–Kier alpha value is -0.860. The van der Waals surface area contributed by atoms with E-state index in [-0.39, 0.29) is 0 Å². The molecule has 2 nitrogen and oxygen atoms in total. The van der Waals surface area contributed by atoms with E-state index in [0.29, 0.717) is 12.6 Å². The van der Waals surface area contributed by atoms with E-state index < -0.39 is 0 Å². The van der Waals surface area contributed by atoms with Crippen LogP contribution in [-0.4, -0.2) is 18.0 Å². The van der Waals surface area contributed by atoms with Crippen LogP contribution in [0.15, 0.2) is 24.3 Å². The van der Waals surface area contributed by atoms with Crippen molar-refractivity contribution in [3.63, 3.8) is 0 Å². The van der Waals surface area contributed by atoms with Crippen LogP contribution in [-0.2, 0) is 6.54 Å². The van der Waals surface area contributed by atoms with Crippen molar-refractivity contribution >= 4 is 0 Å². The largest absolute Gasteiger partial charge is 0.326 e. The van der Waals surface area contributed by atoms with E-state index in [9.17, 15) is 0 Å². The second-order valence-electron chi connectivity index (χ2n) is 4.72. The monoisotopic (exact) mass is 218 g/mol. The molecule has 0 spiro atoms. The molecule has 16 heavy (non-hydrogen) atoms. The normalized spacial score (nSPS) is 19.6. The molecule has 1 heterocycles. The second-order valence-corrected chi connectivity index (χ2v) is 4.72. The molecule has 1 aliphatic rings. The Morgan fingerprint density at radius 1 is 1.12 bits per heavy atom. The maximum atomic E-state index is 5.61. The molecule has 1 unspecified atom stereocenters. The van der Waals surface area contributed by atoms with E-state index in [1.54, 1.807) is 0 Å². The highest BCUT2D eigenvalue weighted by Crippen LogP contribution is 2.24. The standard InChI is InChI=1S/C14H22N2/c1-12(16-9-3-2-4-10-16)14-7-5-13(11-15)6-8-14/h5-8,12H,2-4,9-11,15H2,1H3. The maximum Gasteiger partial charge on any atom is 0.0319 e. The summed E-state index contributed by atoms with van der Waals surface area (Å²) >= 11 is 0. The summed E-state index contributed by atoms with van der Waals surface area (Å²) in [6.45, 7) is 5.45. The molecule has 0 radical (unpaired) electrons. The summed E-state index contributed by atoms with van der Waals surface area (Å²) in [5.74, 6) is 0. The SMILES string of the molecule is CC(c1ccc(CN)cc1)N1CCCCC1. The molecule has 1 aliphatic heterocycles. The van der Waals surface area contributed by atoms with Crippen molar-refractivity contribution in [2.75, 3.05) is 13.1 Å². The number of likely N-dealkylation sites (tertiary alicyclic amines) is 1. The number of nitrogens with zero attached hydrogens (tertiary/aromatic N) is 1. The van der Waals surface area contributed by atoms with Crippen molar-refractivity contribution in [2.24, 2.45) is 5.73 Å². The van der Waals surface area contributed by atoms with Gasteiger partial charge in [0.25, 0.3) is 0 Å². The molecule has 0 aromatic heterocycles. The van der Waals surface area contributed by atoms with Crippen molar-refractivity contribution in [1.29, 1.82) is 0 Å². The van der Waals surface area contributed by atoms with Gasteiger partial charge in [0, 0.05) is 12.6 Å². The van der Waals surface area contributed by atoms with Gasteiger partial charge >= 0.3 is 0 Å². The molecule has 1 aromatic rings. The molecule has 2 N–H and O–H groups in total. The minimum absolute atomic E-state index is 0.548. The minimum atomic E-state index is 0.548. The lowest BCUT2D eigenvalue weighted by molar-refractivity contribution is 0.175. The third-order valence-electron chi connectivity index (χ3n) is 3.64. The molecule has 88 valence electrons. The van der Waals surface area contributed by atoms with Crippen LogP contribution in [0, 0.1) is 0 Å². The lowest BCUT2D eigenvalue weighted by Gasteiger charge is -2.32. The number of hydrogen-bond donors (Lipinski definition) is 1. The molecule has 0 bridgehead atoms. The Bertz CT molecular complexity index is 312. The van der Waals surface area contributed by atoms with Crippen LogP contribution in [0.25, 0.3) is 0 Å². The lowest BCUT2D eigenvalue weighted by atomic mass is 10.0. The van der Waals surface area contributed by atoms with Crippen LogP contribution in [0.4, 0.5) is 0 Å². The van der Waals surface area contributed by atoms with Crippen LogP contribution in [0.3, 0.4) is 0 Å². The first-order chi connectivity index (χ1) is 7.81. The van der Waals surface area contributed by atoms with Gasteiger partial charge < -0.3 is 5.73 Å². The van der Waals surface area contributed by atoms with Crippen molar-refractivity contribution < 1.29 is 0 Å². The Labute approximate surface area is 98.4 Å². The molecule has 1 aromatic carbocycles. The number of piperidine rings is 1. The molecule has 2 heteroatoms. The van der Waals surface area contributed by atoms with Crippen molar-refractivity contribution in [3.8, 4) is 0 Å². The second kappa shape index (κ2) is 5.46.